The lowest BCUT2D eigenvalue weighted by Gasteiger charge is -1.99. The molecule has 2 aromatic carbocycles. The van der Waals surface area contributed by atoms with E-state index in [0.29, 0.717) is 10.2 Å². The minimum atomic E-state index is -0.749. The van der Waals surface area contributed by atoms with Crippen molar-refractivity contribution in [1.82, 2.24) is 9.90 Å². The second-order valence-electron chi connectivity index (χ2n) is 5.00. The Morgan fingerprint density at radius 3 is 2.77 bits per heavy atom. The molecule has 0 aliphatic heterocycles. The number of nitrogens with zero attached hydrogens (tertiary/aromatic N) is 4. The highest BCUT2D eigenvalue weighted by molar-refractivity contribution is 7.13. The summed E-state index contributed by atoms with van der Waals surface area (Å²) in [5, 5.41) is 19.4. The first-order valence-electron chi connectivity index (χ1n) is 7.31. The highest BCUT2D eigenvalue weighted by Crippen LogP contribution is 2.27. The maximum Gasteiger partial charge on any atom is 0.364 e. The molecule has 0 fully saturated rings. The van der Waals surface area contributed by atoms with Gasteiger partial charge in [-0.15, -0.1) is 0 Å². The Bertz CT molecular complexity index is 1010. The number of benzene rings is 2. The summed E-state index contributed by atoms with van der Waals surface area (Å²) in [6.45, 7) is 0. The van der Waals surface area contributed by atoms with Crippen molar-refractivity contribution in [2.45, 2.75) is 0 Å². The van der Waals surface area contributed by atoms with Crippen molar-refractivity contribution in [1.29, 1.82) is 0 Å². The molecule has 26 heavy (non-hydrogen) atoms. The third-order valence-electron chi connectivity index (χ3n) is 3.33. The number of rotatable bonds is 4. The number of hydrogen-bond donors (Lipinski definition) is 1. The fourth-order valence-corrected chi connectivity index (χ4v) is 2.85. The van der Waals surface area contributed by atoms with Gasteiger partial charge < -0.3 is 9.84 Å². The van der Waals surface area contributed by atoms with Gasteiger partial charge in [0.05, 0.1) is 18.4 Å². The molecule has 7 nitrogen and oxygen atoms in total. The lowest BCUT2D eigenvalue weighted by Crippen LogP contribution is -1.95. The van der Waals surface area contributed by atoms with Crippen molar-refractivity contribution < 1.29 is 14.6 Å². The summed E-state index contributed by atoms with van der Waals surface area (Å²) in [6.07, 6.45) is 0. The van der Waals surface area contributed by atoms with Crippen molar-refractivity contribution in [3.63, 3.8) is 0 Å². The maximum atomic E-state index is 11.9. The first kappa shape index (κ1) is 17.8. The first-order chi connectivity index (χ1) is 12.6. The summed E-state index contributed by atoms with van der Waals surface area (Å²) < 4.78 is 5.12. The number of aromatic nitrogens is 1. The van der Waals surface area contributed by atoms with Gasteiger partial charge in [-0.05, 0) is 42.5 Å². The Morgan fingerprint density at radius 2 is 2.04 bits per heavy atom. The highest BCUT2D eigenvalue weighted by Gasteiger charge is 2.16. The van der Waals surface area contributed by atoms with Crippen LogP contribution in [-0.4, -0.2) is 23.1 Å². The van der Waals surface area contributed by atoms with Crippen molar-refractivity contribution in [2.75, 3.05) is 7.11 Å². The minimum absolute atomic E-state index is 0.0467. The molecule has 0 spiro atoms. The molecule has 0 aliphatic rings. The molecule has 0 aliphatic carbocycles. The van der Waals surface area contributed by atoms with Crippen molar-refractivity contribution >= 4 is 34.0 Å². The number of halogens is 1. The molecule has 0 radical (unpaired) electrons. The second kappa shape index (κ2) is 7.88. The lowest BCUT2D eigenvalue weighted by atomic mass is 10.2. The van der Waals surface area contributed by atoms with E-state index in [-0.39, 0.29) is 11.3 Å². The molecule has 9 heteroatoms. The zero-order valence-electron chi connectivity index (χ0n) is 13.5. The number of carbonyl (C=O) groups excluding carboxylic acids is 1. The van der Waals surface area contributed by atoms with Crippen LogP contribution in [0.1, 0.15) is 10.4 Å². The second-order valence-corrected chi connectivity index (χ2v) is 6.27. The van der Waals surface area contributed by atoms with Gasteiger partial charge in [0, 0.05) is 16.0 Å². The van der Waals surface area contributed by atoms with Gasteiger partial charge in [-0.2, -0.15) is 0 Å². The third kappa shape index (κ3) is 4.12. The Balaban J connectivity index is 1.76. The van der Waals surface area contributed by atoms with E-state index >= 15 is 0 Å². The van der Waals surface area contributed by atoms with Crippen molar-refractivity contribution in [3.05, 3.63) is 58.4 Å². The van der Waals surface area contributed by atoms with Gasteiger partial charge in [0.2, 0.25) is 10.0 Å². The van der Waals surface area contributed by atoms with Crippen LogP contribution in [0, 0.1) is 0 Å². The largest absolute Gasteiger partial charge is 0.507 e. The van der Waals surface area contributed by atoms with Crippen LogP contribution in [-0.2, 0) is 0 Å². The average molecular weight is 388 g/mol. The predicted molar refractivity (Wildman–Crippen MR) is 98.2 cm³/mol. The van der Waals surface area contributed by atoms with Crippen LogP contribution in [0.5, 0.6) is 11.5 Å². The Hall–Kier alpha value is -3.06. The summed E-state index contributed by atoms with van der Waals surface area (Å²) in [5.41, 5.74) is 1.58. The monoisotopic (exact) mass is 387 g/mol. The van der Waals surface area contributed by atoms with Crippen LogP contribution in [0.3, 0.4) is 0 Å². The fourth-order valence-electron chi connectivity index (χ4n) is 2.04. The number of aromatic hydroxyl groups is 1. The van der Waals surface area contributed by atoms with E-state index in [2.05, 4.69) is 20.1 Å². The molecule has 0 atom stereocenters. The molecule has 130 valence electrons. The molecule has 0 unspecified atom stereocenters. The average Bonchev–Trinajstić information content (AvgIpc) is 3.12. The number of phenolic OH excluding ortho intramolecular Hbond substituents is 1. The number of amides is 1. The van der Waals surface area contributed by atoms with Crippen molar-refractivity contribution in [2.24, 2.45) is 10.2 Å². The smallest absolute Gasteiger partial charge is 0.364 e. The molecule has 0 saturated carbocycles. The maximum absolute atomic E-state index is 11.9. The van der Waals surface area contributed by atoms with Crippen LogP contribution < -0.4 is 9.65 Å². The fraction of sp³-hybridized carbons (Fsp3) is 0.0588. The first-order valence-corrected chi connectivity index (χ1v) is 8.57. The van der Waals surface area contributed by atoms with Crippen LogP contribution >= 0.6 is 22.9 Å². The topological polar surface area (TPSA) is 98.2 Å². The van der Waals surface area contributed by atoms with Gasteiger partial charge >= 0.3 is 5.91 Å². The summed E-state index contributed by atoms with van der Waals surface area (Å²) >= 11 is 7.06. The van der Waals surface area contributed by atoms with Crippen molar-refractivity contribution in [3.8, 4) is 22.8 Å². The highest BCUT2D eigenvalue weighted by atomic mass is 35.5. The lowest BCUT2D eigenvalue weighted by molar-refractivity contribution is 0.0990. The van der Waals surface area contributed by atoms with Gasteiger partial charge in [0.1, 0.15) is 11.5 Å². The van der Waals surface area contributed by atoms with E-state index in [1.807, 2.05) is 29.6 Å². The molecule has 3 aromatic rings. The van der Waals surface area contributed by atoms with Crippen LogP contribution in [0.4, 0.5) is 5.13 Å². The van der Waals surface area contributed by atoms with E-state index in [1.165, 1.54) is 29.5 Å². The molecule has 1 aromatic heterocycles. The quantitative estimate of drug-likeness (QED) is 0.521. The number of phenols is 1. The zero-order chi connectivity index (χ0) is 18.5. The minimum Gasteiger partial charge on any atom is -0.507 e. The SMILES string of the molecule is COc1ccc(-c2csc(N=[N+]=NC(=O)c3cc(Cl)ccc3O)n2)cc1. The molecule has 3 rings (SSSR count). The normalized spacial score (nSPS) is 10.1. The summed E-state index contributed by atoms with van der Waals surface area (Å²) in [6, 6.07) is 11.5. The number of methoxy groups -OCH3 is 1. The van der Waals surface area contributed by atoms with Crippen LogP contribution in [0.2, 0.25) is 5.02 Å². The Labute approximate surface area is 157 Å². The molecule has 1 N–H and O–H groups in total. The summed E-state index contributed by atoms with van der Waals surface area (Å²) in [7, 11) is 1.60. The Morgan fingerprint density at radius 1 is 1.27 bits per heavy atom. The van der Waals surface area contributed by atoms with E-state index in [4.69, 9.17) is 16.3 Å². The number of ether oxygens (including phenoxy) is 1. The van der Waals surface area contributed by atoms with E-state index in [0.717, 1.165) is 17.0 Å². The number of hydrogen-bond acceptors (Lipinski definition) is 6. The van der Waals surface area contributed by atoms with E-state index < -0.39 is 5.91 Å². The molecule has 1 amide bonds. The number of thiazole rings is 1. The predicted octanol–water partition coefficient (Wildman–Crippen LogP) is 4.62. The molecule has 0 saturated heterocycles. The van der Waals surface area contributed by atoms with E-state index in [1.54, 1.807) is 7.11 Å². The van der Waals surface area contributed by atoms with Gasteiger partial charge in [-0.3, -0.25) is 4.79 Å². The third-order valence-corrected chi connectivity index (χ3v) is 4.29. The molecular formula is C17H12ClN4O3S+. The summed E-state index contributed by atoms with van der Waals surface area (Å²) in [5.74, 6) is -0.222. The van der Waals surface area contributed by atoms with Crippen LogP contribution in [0.15, 0.2) is 58.1 Å². The summed E-state index contributed by atoms with van der Waals surface area (Å²) in [4.78, 5) is 19.7. The van der Waals surface area contributed by atoms with Gasteiger partial charge in [0.15, 0.2) is 5.11 Å². The zero-order valence-corrected chi connectivity index (χ0v) is 15.0. The van der Waals surface area contributed by atoms with Gasteiger partial charge in [-0.25, -0.2) is 4.98 Å². The van der Waals surface area contributed by atoms with Gasteiger partial charge in [-0.1, -0.05) is 22.9 Å². The molecular weight excluding hydrogens is 376 g/mol. The Kier molecular flexibility index (Phi) is 5.38. The number of carbonyl (C=O) groups is 1. The standard InChI is InChI=1S/C17H11ClN4O3S/c1-25-12-5-2-10(3-6-12)14-9-26-17(19-14)21-22-20-16(24)13-8-11(18)4-7-15(13)23/h2-9H,1H3/p+1. The molecule has 1 heterocycles. The van der Waals surface area contributed by atoms with E-state index in [9.17, 15) is 9.90 Å². The van der Waals surface area contributed by atoms with Crippen LogP contribution in [0.25, 0.3) is 11.3 Å². The van der Waals surface area contributed by atoms with Gasteiger partial charge in [0.25, 0.3) is 5.13 Å². The molecule has 0 bridgehead atoms.